The first-order valence-electron chi connectivity index (χ1n) is 8.41. The molecule has 2 heterocycles. The number of hydrogen-bond donors (Lipinski definition) is 1. The van der Waals surface area contributed by atoms with Crippen LogP contribution in [0, 0.1) is 0 Å². The Kier molecular flexibility index (Phi) is 5.38. The number of nitrogens with one attached hydrogen (secondary N) is 1. The third-order valence-corrected chi connectivity index (χ3v) is 7.52. The Morgan fingerprint density at radius 1 is 1.08 bits per heavy atom. The Morgan fingerprint density at radius 3 is 2.24 bits per heavy atom. The molecule has 0 aromatic heterocycles. The quantitative estimate of drug-likeness (QED) is 0.750. The molecule has 9 heteroatoms. The molecule has 3 rings (SSSR count). The molecule has 7 nitrogen and oxygen atoms in total. The van der Waals surface area contributed by atoms with Crippen LogP contribution in [-0.4, -0.2) is 57.9 Å². The molecule has 1 N–H and O–H groups in total. The fraction of sp³-hybridized carbons (Fsp3) is 0.625. The van der Waals surface area contributed by atoms with Gasteiger partial charge >= 0.3 is 0 Å². The SMILES string of the molecule is CS(=O)(=O)N1[C@H]2CC[C@H]1CC(NS(=O)(=O)CCOc1ccccc1)C2. The van der Waals surface area contributed by atoms with Crippen LogP contribution < -0.4 is 9.46 Å². The van der Waals surface area contributed by atoms with E-state index in [0.717, 1.165) is 12.8 Å². The maximum absolute atomic E-state index is 12.3. The van der Waals surface area contributed by atoms with Crippen molar-refractivity contribution in [2.24, 2.45) is 0 Å². The van der Waals surface area contributed by atoms with E-state index >= 15 is 0 Å². The maximum atomic E-state index is 12.3. The summed E-state index contributed by atoms with van der Waals surface area (Å²) in [7, 11) is -6.70. The van der Waals surface area contributed by atoms with Crippen molar-refractivity contribution in [2.45, 2.75) is 43.8 Å². The van der Waals surface area contributed by atoms with Crippen LogP contribution in [0.15, 0.2) is 30.3 Å². The molecule has 2 saturated heterocycles. The molecule has 140 valence electrons. The summed E-state index contributed by atoms with van der Waals surface area (Å²) in [5.41, 5.74) is 0. The lowest BCUT2D eigenvalue weighted by Crippen LogP contribution is -2.52. The van der Waals surface area contributed by atoms with Gasteiger partial charge in [0.25, 0.3) is 0 Å². The molecule has 1 aromatic carbocycles. The normalized spacial score (nSPS) is 27.3. The van der Waals surface area contributed by atoms with Crippen molar-refractivity contribution in [3.8, 4) is 5.75 Å². The van der Waals surface area contributed by atoms with Crippen LogP contribution in [0.1, 0.15) is 25.7 Å². The summed E-state index contributed by atoms with van der Waals surface area (Å²) in [5, 5.41) is 0. The van der Waals surface area contributed by atoms with Gasteiger partial charge in [-0.3, -0.25) is 0 Å². The molecule has 2 fully saturated rings. The van der Waals surface area contributed by atoms with E-state index in [1.54, 1.807) is 16.4 Å². The van der Waals surface area contributed by atoms with Crippen molar-refractivity contribution in [2.75, 3.05) is 18.6 Å². The molecule has 2 aliphatic heterocycles. The predicted molar refractivity (Wildman–Crippen MR) is 95.4 cm³/mol. The summed E-state index contributed by atoms with van der Waals surface area (Å²) in [6, 6.07) is 8.67. The summed E-state index contributed by atoms with van der Waals surface area (Å²) >= 11 is 0. The molecular formula is C16H24N2O5S2. The third-order valence-electron chi connectivity index (χ3n) is 4.76. The Hall–Kier alpha value is -1.16. The molecule has 0 spiro atoms. The zero-order valence-corrected chi connectivity index (χ0v) is 15.8. The van der Waals surface area contributed by atoms with Gasteiger partial charge in [-0.1, -0.05) is 18.2 Å². The van der Waals surface area contributed by atoms with Crippen molar-refractivity contribution in [1.82, 2.24) is 9.03 Å². The number of para-hydroxylation sites is 1. The highest BCUT2D eigenvalue weighted by molar-refractivity contribution is 7.89. The highest BCUT2D eigenvalue weighted by atomic mass is 32.2. The average Bonchev–Trinajstić information content (AvgIpc) is 2.80. The summed E-state index contributed by atoms with van der Waals surface area (Å²) < 4.78 is 58.1. The number of piperidine rings is 1. The van der Waals surface area contributed by atoms with E-state index in [0.29, 0.717) is 18.6 Å². The third kappa shape index (κ3) is 4.72. The van der Waals surface area contributed by atoms with E-state index in [9.17, 15) is 16.8 Å². The second-order valence-electron chi connectivity index (χ2n) is 6.74. The first-order chi connectivity index (χ1) is 11.7. The van der Waals surface area contributed by atoms with Crippen LogP contribution in [0.3, 0.4) is 0 Å². The van der Waals surface area contributed by atoms with Crippen LogP contribution in [0.5, 0.6) is 5.75 Å². The topological polar surface area (TPSA) is 92.8 Å². The van der Waals surface area contributed by atoms with Gasteiger partial charge in [0.1, 0.15) is 12.4 Å². The van der Waals surface area contributed by atoms with E-state index in [4.69, 9.17) is 4.74 Å². The lowest BCUT2D eigenvalue weighted by atomic mass is 10.0. The highest BCUT2D eigenvalue weighted by Crippen LogP contribution is 2.37. The number of fused-ring (bicyclic) bond motifs is 2. The molecule has 0 aliphatic carbocycles. The largest absolute Gasteiger partial charge is 0.492 e. The van der Waals surface area contributed by atoms with Gasteiger partial charge < -0.3 is 4.74 Å². The van der Waals surface area contributed by atoms with Crippen LogP contribution in [0.25, 0.3) is 0 Å². The second-order valence-corrected chi connectivity index (χ2v) is 10.5. The van der Waals surface area contributed by atoms with Crippen molar-refractivity contribution in [3.05, 3.63) is 30.3 Å². The fourth-order valence-corrected chi connectivity index (χ4v) is 6.46. The predicted octanol–water partition coefficient (Wildman–Crippen LogP) is 0.940. The maximum Gasteiger partial charge on any atom is 0.215 e. The zero-order valence-electron chi connectivity index (χ0n) is 14.2. The summed E-state index contributed by atoms with van der Waals surface area (Å²) in [6.07, 6.45) is 3.88. The van der Waals surface area contributed by atoms with Crippen molar-refractivity contribution < 1.29 is 21.6 Å². The lowest BCUT2D eigenvalue weighted by Gasteiger charge is -2.37. The van der Waals surface area contributed by atoms with E-state index in [1.165, 1.54) is 6.26 Å². The van der Waals surface area contributed by atoms with Gasteiger partial charge in [0.15, 0.2) is 0 Å². The van der Waals surface area contributed by atoms with E-state index < -0.39 is 20.0 Å². The number of rotatable bonds is 7. The molecule has 2 bridgehead atoms. The first kappa shape index (κ1) is 18.6. The van der Waals surface area contributed by atoms with E-state index in [1.807, 2.05) is 18.2 Å². The van der Waals surface area contributed by atoms with Crippen LogP contribution in [-0.2, 0) is 20.0 Å². The van der Waals surface area contributed by atoms with E-state index in [2.05, 4.69) is 4.72 Å². The Balaban J connectivity index is 1.52. The van der Waals surface area contributed by atoms with Gasteiger partial charge in [-0.2, -0.15) is 4.31 Å². The van der Waals surface area contributed by atoms with Crippen LogP contribution in [0.2, 0.25) is 0 Å². The molecule has 0 unspecified atom stereocenters. The van der Waals surface area contributed by atoms with Crippen molar-refractivity contribution in [1.29, 1.82) is 0 Å². The molecule has 2 aliphatic rings. The molecule has 0 amide bonds. The Labute approximate surface area is 149 Å². The molecule has 0 saturated carbocycles. The molecule has 0 radical (unpaired) electrons. The number of ether oxygens (including phenoxy) is 1. The zero-order chi connectivity index (χ0) is 18.1. The minimum absolute atomic E-state index is 0.0778. The summed E-state index contributed by atoms with van der Waals surface area (Å²) in [4.78, 5) is 0. The lowest BCUT2D eigenvalue weighted by molar-refractivity contribution is 0.220. The monoisotopic (exact) mass is 388 g/mol. The van der Waals surface area contributed by atoms with Gasteiger partial charge in [0.05, 0.1) is 12.0 Å². The van der Waals surface area contributed by atoms with Crippen LogP contribution >= 0.6 is 0 Å². The van der Waals surface area contributed by atoms with Gasteiger partial charge in [-0.25, -0.2) is 21.6 Å². The van der Waals surface area contributed by atoms with Crippen LogP contribution in [0.4, 0.5) is 0 Å². The molecule has 2 atom stereocenters. The average molecular weight is 389 g/mol. The number of sulfonamides is 2. The van der Waals surface area contributed by atoms with E-state index in [-0.39, 0.29) is 30.5 Å². The van der Waals surface area contributed by atoms with Gasteiger partial charge in [-0.05, 0) is 37.8 Å². The Bertz CT molecular complexity index is 781. The summed E-state index contributed by atoms with van der Waals surface area (Å²) in [5.74, 6) is 0.515. The molecule has 25 heavy (non-hydrogen) atoms. The first-order valence-corrected chi connectivity index (χ1v) is 11.9. The number of hydrogen-bond acceptors (Lipinski definition) is 5. The van der Waals surface area contributed by atoms with Gasteiger partial charge in [0, 0.05) is 18.1 Å². The second kappa shape index (κ2) is 7.22. The smallest absolute Gasteiger partial charge is 0.215 e. The highest BCUT2D eigenvalue weighted by Gasteiger charge is 2.45. The van der Waals surface area contributed by atoms with Crippen molar-refractivity contribution in [3.63, 3.8) is 0 Å². The minimum atomic E-state index is -3.47. The van der Waals surface area contributed by atoms with Gasteiger partial charge in [0.2, 0.25) is 20.0 Å². The number of benzene rings is 1. The molecule has 1 aromatic rings. The van der Waals surface area contributed by atoms with Gasteiger partial charge in [-0.15, -0.1) is 0 Å². The molecular weight excluding hydrogens is 364 g/mol. The standard InChI is InChI=1S/C16H24N2O5S2/c1-24(19,20)18-14-7-8-15(18)12-13(11-14)17-25(21,22)10-9-23-16-5-3-2-4-6-16/h2-6,13-15,17H,7-12H2,1H3/t14-,15-/m0/s1. The van der Waals surface area contributed by atoms with Crippen molar-refractivity contribution >= 4 is 20.0 Å². The minimum Gasteiger partial charge on any atom is -0.492 e. The summed E-state index contributed by atoms with van der Waals surface area (Å²) in [6.45, 7) is 0.0778. The Morgan fingerprint density at radius 2 is 1.68 bits per heavy atom. The number of nitrogens with zero attached hydrogens (tertiary/aromatic N) is 1. The fourth-order valence-electron chi connectivity index (χ4n) is 3.87.